The van der Waals surface area contributed by atoms with Gasteiger partial charge in [-0.2, -0.15) is 46.5 Å². The Hall–Kier alpha value is 0.380. The van der Waals surface area contributed by atoms with E-state index in [1.807, 2.05) is 0 Å². The Bertz CT molecular complexity index is 664. The van der Waals surface area contributed by atoms with Crippen LogP contribution in [0.15, 0.2) is 36.4 Å². The van der Waals surface area contributed by atoms with Crippen molar-refractivity contribution in [1.82, 2.24) is 0 Å². The fraction of sp³-hybridized carbons (Fsp3) is 0.583. The second-order valence-electron chi connectivity index (χ2n) is 9.40. The van der Waals surface area contributed by atoms with E-state index in [2.05, 4.69) is 77.2 Å². The number of aryl methyl sites for hydroxylation is 2. The summed E-state index contributed by atoms with van der Waals surface area (Å²) < 4.78 is 0. The molecular formula is C24H36Cl2SiZr-2. The third-order valence-corrected chi connectivity index (χ3v) is 5.77. The van der Waals surface area contributed by atoms with Crippen LogP contribution in [0.1, 0.15) is 75.6 Å². The van der Waals surface area contributed by atoms with Gasteiger partial charge in [0.2, 0.25) is 0 Å². The van der Waals surface area contributed by atoms with Crippen molar-refractivity contribution in [3.05, 3.63) is 58.7 Å². The first-order chi connectivity index (χ1) is 12.1. The van der Waals surface area contributed by atoms with Crippen LogP contribution < -0.4 is 24.8 Å². The van der Waals surface area contributed by atoms with Crippen molar-refractivity contribution in [3.8, 4) is 0 Å². The van der Waals surface area contributed by atoms with Crippen molar-refractivity contribution in [2.24, 2.45) is 0 Å². The summed E-state index contributed by atoms with van der Waals surface area (Å²) >= 11 is 1.74. The van der Waals surface area contributed by atoms with E-state index in [-0.39, 0.29) is 30.2 Å². The molecule has 0 fully saturated rings. The zero-order chi connectivity index (χ0) is 19.4. The molecule has 0 N–H and O–H groups in total. The minimum Gasteiger partial charge on any atom is -1.00 e. The summed E-state index contributed by atoms with van der Waals surface area (Å²) in [5.41, 5.74) is 7.44. The van der Waals surface area contributed by atoms with Gasteiger partial charge in [0, 0.05) is 0 Å². The molecule has 0 heterocycles. The SMILES string of the molecule is CC1(C)CCCc2[cH-]ccc21.CC1(C)CCCc2[cH-]ccc21.C[Si](C)=[Zr+2].[Cl-].[Cl-]. The molecule has 2 aromatic carbocycles. The van der Waals surface area contributed by atoms with Gasteiger partial charge in [-0.1, -0.05) is 77.0 Å². The monoisotopic (exact) mass is 512 g/mol. The van der Waals surface area contributed by atoms with Crippen LogP contribution in [-0.2, 0) is 47.0 Å². The fourth-order valence-electron chi connectivity index (χ4n) is 4.38. The van der Waals surface area contributed by atoms with Crippen LogP contribution in [0.4, 0.5) is 0 Å². The zero-order valence-electron chi connectivity index (χ0n) is 18.5. The summed E-state index contributed by atoms with van der Waals surface area (Å²) in [6.07, 6.45) is 8.03. The van der Waals surface area contributed by atoms with Gasteiger partial charge in [0.15, 0.2) is 0 Å². The Morgan fingerprint density at radius 2 is 1.11 bits per heavy atom. The Labute approximate surface area is 201 Å². The van der Waals surface area contributed by atoms with Crippen molar-refractivity contribution in [2.45, 2.75) is 90.1 Å². The summed E-state index contributed by atoms with van der Waals surface area (Å²) in [6.45, 7) is 14.0. The third-order valence-electron chi connectivity index (χ3n) is 5.77. The largest absolute Gasteiger partial charge is 1.00 e. The Balaban J connectivity index is 0.000000415. The second-order valence-corrected chi connectivity index (χ2v) is 18.8. The normalized spacial score (nSPS) is 17.7. The van der Waals surface area contributed by atoms with Gasteiger partial charge in [-0.3, -0.25) is 0 Å². The molecule has 0 saturated carbocycles. The summed E-state index contributed by atoms with van der Waals surface area (Å²) in [4.78, 5) is 0. The zero-order valence-corrected chi connectivity index (χ0v) is 23.4. The molecule has 0 atom stereocenters. The van der Waals surface area contributed by atoms with Gasteiger partial charge in [0.1, 0.15) is 0 Å². The molecule has 0 spiro atoms. The van der Waals surface area contributed by atoms with Crippen molar-refractivity contribution >= 4 is 5.43 Å². The Kier molecular flexibility index (Phi) is 12.5. The third kappa shape index (κ3) is 7.90. The maximum Gasteiger partial charge on any atom is -1.00 e. The molecule has 0 unspecified atom stereocenters. The van der Waals surface area contributed by atoms with E-state index < -0.39 is 0 Å². The molecule has 4 rings (SSSR count). The van der Waals surface area contributed by atoms with E-state index in [1.54, 1.807) is 45.6 Å². The van der Waals surface area contributed by atoms with Crippen LogP contribution in [0.3, 0.4) is 0 Å². The van der Waals surface area contributed by atoms with Gasteiger partial charge in [-0.15, -0.1) is 0 Å². The predicted octanol–water partition coefficient (Wildman–Crippen LogP) is 0.831. The van der Waals surface area contributed by atoms with Crippen LogP contribution >= 0.6 is 0 Å². The number of hydrogen-bond acceptors (Lipinski definition) is 0. The van der Waals surface area contributed by atoms with Crippen molar-refractivity contribution in [2.75, 3.05) is 0 Å². The Morgan fingerprint density at radius 1 is 0.786 bits per heavy atom. The first kappa shape index (κ1) is 28.4. The number of fused-ring (bicyclic) bond motifs is 2. The molecule has 2 aliphatic carbocycles. The van der Waals surface area contributed by atoms with Crippen LogP contribution in [0.5, 0.6) is 0 Å². The summed E-state index contributed by atoms with van der Waals surface area (Å²) in [5.74, 6) is 0. The molecule has 0 radical (unpaired) electrons. The second kappa shape index (κ2) is 12.3. The summed E-state index contributed by atoms with van der Waals surface area (Å²) in [7, 11) is 0. The van der Waals surface area contributed by atoms with Gasteiger partial charge < -0.3 is 24.8 Å². The first-order valence-electron chi connectivity index (χ1n) is 10.2. The molecule has 0 saturated heterocycles. The number of hydrogen-bond donors (Lipinski definition) is 0. The van der Waals surface area contributed by atoms with Crippen molar-refractivity contribution < 1.29 is 48.1 Å². The quantitative estimate of drug-likeness (QED) is 0.361. The standard InChI is InChI=1S/2C11H15.C2H6Si.2ClH.Zr/c2*1-11(2)8-4-6-9-5-3-7-10(9)11;1-3-2;;;/h2*3,5,7H,4,6,8H2,1-2H3;1-2H3;2*1H;/q2*-1;;;;+2/p-2. The van der Waals surface area contributed by atoms with Gasteiger partial charge in [-0.25, -0.2) is 12.1 Å². The molecule has 2 aromatic rings. The van der Waals surface area contributed by atoms with Crippen LogP contribution in [0, 0.1) is 0 Å². The van der Waals surface area contributed by atoms with Crippen LogP contribution in [0.25, 0.3) is 0 Å². The average Bonchev–Trinajstić information content (AvgIpc) is 3.16. The predicted molar refractivity (Wildman–Crippen MR) is 113 cm³/mol. The van der Waals surface area contributed by atoms with E-state index in [1.165, 1.54) is 38.5 Å². The molecular weight excluding hydrogens is 478 g/mol. The van der Waals surface area contributed by atoms with Crippen molar-refractivity contribution in [3.63, 3.8) is 0 Å². The van der Waals surface area contributed by atoms with Crippen molar-refractivity contribution in [1.29, 1.82) is 0 Å². The first-order valence-corrected chi connectivity index (χ1v) is 16.3. The summed E-state index contributed by atoms with van der Waals surface area (Å²) in [6, 6.07) is 13.5. The van der Waals surface area contributed by atoms with Gasteiger partial charge in [0.25, 0.3) is 0 Å². The van der Waals surface area contributed by atoms with E-state index in [4.69, 9.17) is 0 Å². The average molecular weight is 515 g/mol. The molecule has 156 valence electrons. The molecule has 2 aliphatic rings. The Morgan fingerprint density at radius 3 is 1.39 bits per heavy atom. The molecule has 0 amide bonds. The minimum atomic E-state index is 0. The summed E-state index contributed by atoms with van der Waals surface area (Å²) in [5, 5.41) is 0. The minimum absolute atomic E-state index is 0. The van der Waals surface area contributed by atoms with Crippen LogP contribution in [0.2, 0.25) is 13.1 Å². The number of rotatable bonds is 0. The maximum absolute atomic E-state index is 2.35. The van der Waals surface area contributed by atoms with Gasteiger partial charge >= 0.3 is 41.9 Å². The van der Waals surface area contributed by atoms with Gasteiger partial charge in [0.05, 0.1) is 0 Å². The van der Waals surface area contributed by atoms with E-state index >= 15 is 0 Å². The van der Waals surface area contributed by atoms with Gasteiger partial charge in [-0.05, 0) is 0 Å². The van der Waals surface area contributed by atoms with E-state index in [0.29, 0.717) is 10.8 Å². The molecule has 0 aliphatic heterocycles. The molecule has 0 nitrogen and oxygen atoms in total. The molecule has 4 heteroatoms. The maximum atomic E-state index is 2.35. The smallest absolute Gasteiger partial charge is 1.00 e. The molecule has 0 aromatic heterocycles. The fourth-order valence-corrected chi connectivity index (χ4v) is 4.38. The molecule has 0 bridgehead atoms. The van der Waals surface area contributed by atoms with E-state index in [0.717, 1.165) is 0 Å². The molecule has 28 heavy (non-hydrogen) atoms. The number of halogens is 2. The van der Waals surface area contributed by atoms with Crippen LogP contribution in [-0.4, -0.2) is 5.43 Å². The topological polar surface area (TPSA) is 0 Å². The van der Waals surface area contributed by atoms with E-state index in [9.17, 15) is 0 Å².